The Morgan fingerprint density at radius 2 is 2.18 bits per heavy atom. The highest BCUT2D eigenvalue weighted by Gasteiger charge is 2.32. The van der Waals surface area contributed by atoms with Crippen molar-refractivity contribution in [2.45, 2.75) is 24.2 Å². The number of benzene rings is 1. The first-order chi connectivity index (χ1) is 13.3. The van der Waals surface area contributed by atoms with E-state index in [9.17, 15) is 17.6 Å². The van der Waals surface area contributed by atoms with Crippen LogP contribution in [0.4, 0.5) is 4.39 Å². The van der Waals surface area contributed by atoms with E-state index in [1.54, 1.807) is 19.2 Å². The first-order valence-electron chi connectivity index (χ1n) is 8.42. The Balaban J connectivity index is 1.54. The van der Waals surface area contributed by atoms with Gasteiger partial charge in [0.05, 0.1) is 17.3 Å². The molecule has 0 radical (unpaired) electrons. The van der Waals surface area contributed by atoms with Crippen molar-refractivity contribution in [3.8, 4) is 5.75 Å². The molecular weight excluding hydrogens is 409 g/mol. The predicted octanol–water partition coefficient (Wildman–Crippen LogP) is 0.448. The van der Waals surface area contributed by atoms with E-state index in [0.29, 0.717) is 11.6 Å². The molecule has 2 heterocycles. The largest absolute Gasteiger partial charge is 0.482 e. The number of amides is 1. The van der Waals surface area contributed by atoms with Crippen molar-refractivity contribution in [1.82, 2.24) is 19.8 Å². The van der Waals surface area contributed by atoms with Gasteiger partial charge in [-0.15, -0.1) is 10.2 Å². The van der Waals surface area contributed by atoms with Gasteiger partial charge in [-0.1, -0.05) is 23.9 Å². The second kappa shape index (κ2) is 8.35. The van der Waals surface area contributed by atoms with Crippen molar-refractivity contribution in [2.75, 3.05) is 30.1 Å². The van der Waals surface area contributed by atoms with Crippen molar-refractivity contribution in [2.24, 2.45) is 0 Å². The van der Waals surface area contributed by atoms with E-state index in [0.717, 1.165) is 11.8 Å². The topological polar surface area (TPSA) is 120 Å². The van der Waals surface area contributed by atoms with Gasteiger partial charge >= 0.3 is 0 Å². The lowest BCUT2D eigenvalue weighted by atomic mass is 10.2. The molecule has 1 saturated heterocycles. The van der Waals surface area contributed by atoms with Crippen LogP contribution in [0.25, 0.3) is 0 Å². The van der Waals surface area contributed by atoms with E-state index in [4.69, 9.17) is 10.6 Å². The summed E-state index contributed by atoms with van der Waals surface area (Å²) in [4.78, 5) is 13.8. The van der Waals surface area contributed by atoms with Crippen molar-refractivity contribution < 1.29 is 22.3 Å². The Hall–Kier alpha value is -2.34. The molecule has 2 aromatic rings. The molecule has 1 fully saturated rings. The summed E-state index contributed by atoms with van der Waals surface area (Å²) in [5.74, 6) is 5.67. The Labute approximate surface area is 165 Å². The summed E-state index contributed by atoms with van der Waals surface area (Å²) < 4.78 is 43.2. The van der Waals surface area contributed by atoms with Crippen molar-refractivity contribution >= 4 is 27.5 Å². The lowest BCUT2D eigenvalue weighted by Crippen LogP contribution is -2.38. The summed E-state index contributed by atoms with van der Waals surface area (Å²) in [7, 11) is -1.47. The van der Waals surface area contributed by atoms with Gasteiger partial charge in [0.2, 0.25) is 11.1 Å². The fraction of sp³-hybridized carbons (Fsp3) is 0.438. The van der Waals surface area contributed by atoms with Crippen LogP contribution in [-0.2, 0) is 21.2 Å². The minimum atomic E-state index is -3.06. The molecule has 152 valence electrons. The molecule has 1 aromatic carbocycles. The average Bonchev–Trinajstić information content (AvgIpc) is 3.20. The molecule has 1 unspecified atom stereocenters. The van der Waals surface area contributed by atoms with Crippen LogP contribution in [0.5, 0.6) is 5.75 Å². The molecule has 9 nitrogen and oxygen atoms in total. The number of nitrogen functional groups attached to an aromatic ring is 1. The maximum Gasteiger partial charge on any atom is 0.233 e. The third-order valence-electron chi connectivity index (χ3n) is 4.40. The predicted molar refractivity (Wildman–Crippen MR) is 101 cm³/mol. The quantitative estimate of drug-likeness (QED) is 0.497. The molecule has 2 N–H and O–H groups in total. The summed E-state index contributed by atoms with van der Waals surface area (Å²) in [6, 6.07) is 5.65. The number of nitrogens with two attached hydrogens (primary N) is 1. The molecule has 1 aliphatic rings. The number of thioether (sulfide) groups is 1. The Bertz CT molecular complexity index is 966. The van der Waals surface area contributed by atoms with Gasteiger partial charge in [-0.25, -0.2) is 17.5 Å². The number of carbonyl (C=O) groups excluding carboxylic acids is 1. The van der Waals surface area contributed by atoms with Crippen LogP contribution in [0.2, 0.25) is 0 Å². The summed E-state index contributed by atoms with van der Waals surface area (Å²) in [5.41, 5.74) is 0. The smallest absolute Gasteiger partial charge is 0.233 e. The number of nitrogens with zero attached hydrogens (tertiary/aromatic N) is 4. The van der Waals surface area contributed by atoms with Crippen LogP contribution in [0, 0.1) is 5.82 Å². The lowest BCUT2D eigenvalue weighted by molar-refractivity contribution is -0.128. The Morgan fingerprint density at radius 1 is 1.43 bits per heavy atom. The molecule has 12 heteroatoms. The summed E-state index contributed by atoms with van der Waals surface area (Å²) in [6.07, 6.45) is 0.444. The van der Waals surface area contributed by atoms with Crippen molar-refractivity contribution in [1.29, 1.82) is 0 Å². The van der Waals surface area contributed by atoms with Crippen LogP contribution < -0.4 is 10.6 Å². The molecule has 0 saturated carbocycles. The van der Waals surface area contributed by atoms with Gasteiger partial charge in [0.1, 0.15) is 6.61 Å². The summed E-state index contributed by atoms with van der Waals surface area (Å²) in [6.45, 7) is -0.0845. The molecule has 0 bridgehead atoms. The van der Waals surface area contributed by atoms with E-state index >= 15 is 0 Å². The second-order valence-corrected chi connectivity index (χ2v) is 9.51. The van der Waals surface area contributed by atoms with E-state index in [2.05, 4.69) is 10.2 Å². The van der Waals surface area contributed by atoms with E-state index in [1.165, 1.54) is 21.7 Å². The number of carbonyl (C=O) groups is 1. The maximum atomic E-state index is 13.6. The molecule has 1 atom stereocenters. The van der Waals surface area contributed by atoms with E-state index in [-0.39, 0.29) is 47.4 Å². The van der Waals surface area contributed by atoms with Crippen LogP contribution in [0.1, 0.15) is 12.2 Å². The highest BCUT2D eigenvalue weighted by Crippen LogP contribution is 2.21. The highest BCUT2D eigenvalue weighted by atomic mass is 32.2. The fourth-order valence-corrected chi connectivity index (χ4v) is 5.29. The number of sulfone groups is 1. The van der Waals surface area contributed by atoms with Crippen LogP contribution >= 0.6 is 11.8 Å². The van der Waals surface area contributed by atoms with Gasteiger partial charge < -0.3 is 15.5 Å². The minimum Gasteiger partial charge on any atom is -0.482 e. The van der Waals surface area contributed by atoms with Gasteiger partial charge in [0.25, 0.3) is 0 Å². The highest BCUT2D eigenvalue weighted by molar-refractivity contribution is 7.99. The number of hydrogen-bond donors (Lipinski definition) is 1. The number of halogens is 1. The summed E-state index contributed by atoms with van der Waals surface area (Å²) in [5, 5.41) is 8.11. The molecule has 1 aromatic heterocycles. The first kappa shape index (κ1) is 20.4. The molecular formula is C16H20FN5O4S2. The molecule has 0 spiro atoms. The molecule has 1 amide bonds. The zero-order valence-electron chi connectivity index (χ0n) is 15.1. The van der Waals surface area contributed by atoms with Gasteiger partial charge in [-0.05, 0) is 18.6 Å². The number of para-hydroxylation sites is 1. The van der Waals surface area contributed by atoms with Gasteiger partial charge in [0, 0.05) is 13.1 Å². The van der Waals surface area contributed by atoms with E-state index < -0.39 is 15.7 Å². The van der Waals surface area contributed by atoms with E-state index in [1.807, 2.05) is 0 Å². The third-order valence-corrected chi connectivity index (χ3v) is 7.08. The Kier molecular flexibility index (Phi) is 6.08. The maximum absolute atomic E-state index is 13.6. The number of ether oxygens (including phenoxy) is 1. The SMILES string of the molecule is CN(C(=O)CSc1nnc(COc2ccccc2F)n1N)C1CCS(=O)(=O)C1. The van der Waals surface area contributed by atoms with Crippen molar-refractivity contribution in [3.05, 3.63) is 35.9 Å². The lowest BCUT2D eigenvalue weighted by Gasteiger charge is -2.23. The normalized spacial score (nSPS) is 18.1. The molecule has 28 heavy (non-hydrogen) atoms. The van der Waals surface area contributed by atoms with Crippen LogP contribution in [0.15, 0.2) is 29.4 Å². The minimum absolute atomic E-state index is 0.00941. The Morgan fingerprint density at radius 3 is 2.86 bits per heavy atom. The number of aromatic nitrogens is 3. The fourth-order valence-electron chi connectivity index (χ4n) is 2.72. The zero-order chi connectivity index (χ0) is 20.3. The monoisotopic (exact) mass is 429 g/mol. The van der Waals surface area contributed by atoms with Gasteiger partial charge in [0.15, 0.2) is 27.2 Å². The zero-order valence-corrected chi connectivity index (χ0v) is 16.7. The van der Waals surface area contributed by atoms with Crippen molar-refractivity contribution in [3.63, 3.8) is 0 Å². The number of rotatable bonds is 7. The van der Waals surface area contributed by atoms with Gasteiger partial charge in [-0.3, -0.25) is 4.79 Å². The van der Waals surface area contributed by atoms with Gasteiger partial charge in [-0.2, -0.15) is 0 Å². The second-order valence-electron chi connectivity index (χ2n) is 6.34. The molecule has 0 aliphatic carbocycles. The number of hydrogen-bond acceptors (Lipinski definition) is 8. The standard InChI is InChI=1S/C16H20FN5O4S2/c1-21(11-6-7-28(24,25)10-11)15(23)9-27-16-20-19-14(22(16)18)8-26-13-5-3-2-4-12(13)17/h2-5,11H,6-10,18H2,1H3. The summed E-state index contributed by atoms with van der Waals surface area (Å²) >= 11 is 1.08. The molecule has 1 aliphatic heterocycles. The van der Waals surface area contributed by atoms with Crippen LogP contribution in [-0.4, -0.2) is 64.4 Å². The molecule has 3 rings (SSSR count). The average molecular weight is 429 g/mol. The van der Waals surface area contributed by atoms with Crippen LogP contribution in [0.3, 0.4) is 0 Å². The first-order valence-corrected chi connectivity index (χ1v) is 11.2. The third kappa shape index (κ3) is 4.73.